The van der Waals surface area contributed by atoms with E-state index in [1.54, 1.807) is 18.2 Å². The zero-order chi connectivity index (χ0) is 28.8. The minimum Gasteiger partial charge on any atom is -0.390 e. The lowest BCUT2D eigenvalue weighted by molar-refractivity contribution is 0.0821. The van der Waals surface area contributed by atoms with Gasteiger partial charge in [0.2, 0.25) is 10.0 Å². The number of nitrogens with zero attached hydrogens (tertiary/aromatic N) is 1. The normalized spacial score (nSPS) is 18.7. The fourth-order valence-electron chi connectivity index (χ4n) is 5.37. The van der Waals surface area contributed by atoms with Crippen LogP contribution in [0.15, 0.2) is 48.5 Å². The smallest absolute Gasteiger partial charge is 0.251 e. The molecule has 1 saturated carbocycles. The molecular weight excluding hydrogens is 560 g/mol. The lowest BCUT2D eigenvalue weighted by atomic mass is 9.98. The Hall–Kier alpha value is -2.33. The second-order valence-electron chi connectivity index (χ2n) is 11.8. The summed E-state index contributed by atoms with van der Waals surface area (Å²) in [5.41, 5.74) is 2.67. The molecule has 1 aliphatic heterocycles. The number of amides is 1. The molecule has 0 aromatic heterocycles. The van der Waals surface area contributed by atoms with Gasteiger partial charge in [-0.2, -0.15) is 0 Å². The fraction of sp³-hybridized carbons (Fsp3) is 0.581. The number of hydrogen-bond donors (Lipinski definition) is 4. The first kappa shape index (κ1) is 33.2. The van der Waals surface area contributed by atoms with Crippen molar-refractivity contribution in [2.24, 2.45) is 5.92 Å². The van der Waals surface area contributed by atoms with E-state index in [2.05, 4.69) is 29.8 Å². The Morgan fingerprint density at radius 2 is 1.83 bits per heavy atom. The number of nitrogens with one attached hydrogen (secondary N) is 3. The third-order valence-corrected chi connectivity index (χ3v) is 9.89. The van der Waals surface area contributed by atoms with E-state index in [1.807, 2.05) is 37.3 Å². The van der Waals surface area contributed by atoms with Crippen LogP contribution in [0.25, 0.3) is 0 Å². The standard InChI is InChI=1S/C31H46N4O4S.ClH/c1-4-32-26-19-25(20-27(21-26)35-16-8-9-17-40(35,38)39)30(37)34-28(18-24-10-6-5-7-11-24)29(36)22-33-31(14-15-31)13-12-23(2)3;/h5-7,10-11,19-21,23,28-29,32-33,36H,4,8-9,12-18,22H2,1-3H3,(H,34,37);1H/t28-,29+;/m0./s1. The maximum absolute atomic E-state index is 13.7. The number of anilines is 2. The predicted octanol–water partition coefficient (Wildman–Crippen LogP) is 4.73. The Bertz CT molecular complexity index is 1240. The molecule has 0 spiro atoms. The zero-order valence-corrected chi connectivity index (χ0v) is 26.2. The van der Waals surface area contributed by atoms with E-state index in [9.17, 15) is 18.3 Å². The van der Waals surface area contributed by atoms with E-state index in [0.29, 0.717) is 55.3 Å². The largest absolute Gasteiger partial charge is 0.390 e. The lowest BCUT2D eigenvalue weighted by Gasteiger charge is -2.29. The van der Waals surface area contributed by atoms with E-state index >= 15 is 0 Å². The summed E-state index contributed by atoms with van der Waals surface area (Å²) in [6, 6.07) is 14.5. The highest BCUT2D eigenvalue weighted by Crippen LogP contribution is 2.40. The van der Waals surface area contributed by atoms with Gasteiger partial charge in [0, 0.05) is 36.4 Å². The summed E-state index contributed by atoms with van der Waals surface area (Å²) in [6.45, 7) is 7.85. The van der Waals surface area contributed by atoms with Crippen molar-refractivity contribution >= 4 is 39.7 Å². The summed E-state index contributed by atoms with van der Waals surface area (Å²) in [5, 5.41) is 21.2. The molecule has 0 unspecified atom stereocenters. The zero-order valence-electron chi connectivity index (χ0n) is 24.6. The quantitative estimate of drug-likeness (QED) is 0.247. The van der Waals surface area contributed by atoms with Gasteiger partial charge >= 0.3 is 0 Å². The third-order valence-electron chi connectivity index (χ3n) is 8.02. The minimum absolute atomic E-state index is 0. The third kappa shape index (κ3) is 9.33. The molecule has 1 saturated heterocycles. The van der Waals surface area contributed by atoms with Crippen molar-refractivity contribution in [3.05, 3.63) is 59.7 Å². The second kappa shape index (κ2) is 14.7. The molecule has 0 bridgehead atoms. The second-order valence-corrected chi connectivity index (χ2v) is 13.8. The summed E-state index contributed by atoms with van der Waals surface area (Å²) in [4.78, 5) is 13.7. The summed E-state index contributed by atoms with van der Waals surface area (Å²) in [5.74, 6) is 0.408. The summed E-state index contributed by atoms with van der Waals surface area (Å²) in [6.07, 6.45) is 5.57. The molecule has 8 nitrogen and oxygen atoms in total. The fourth-order valence-corrected chi connectivity index (χ4v) is 6.99. The molecule has 1 amide bonds. The molecule has 1 heterocycles. The van der Waals surface area contributed by atoms with Gasteiger partial charge in [-0.05, 0) is 81.5 Å². The van der Waals surface area contributed by atoms with E-state index in [4.69, 9.17) is 0 Å². The van der Waals surface area contributed by atoms with E-state index in [0.717, 1.165) is 37.7 Å². The Morgan fingerprint density at radius 3 is 2.46 bits per heavy atom. The summed E-state index contributed by atoms with van der Waals surface area (Å²) < 4.78 is 27.0. The van der Waals surface area contributed by atoms with Crippen molar-refractivity contribution in [2.45, 2.75) is 83.4 Å². The molecule has 4 N–H and O–H groups in total. The average molecular weight is 607 g/mol. The molecule has 2 aromatic rings. The van der Waals surface area contributed by atoms with Gasteiger partial charge in [0.25, 0.3) is 5.91 Å². The van der Waals surface area contributed by atoms with Gasteiger partial charge in [-0.3, -0.25) is 9.10 Å². The number of aliphatic hydroxyl groups is 1. The highest BCUT2D eigenvalue weighted by molar-refractivity contribution is 7.92. The van der Waals surface area contributed by atoms with Crippen LogP contribution in [0.5, 0.6) is 0 Å². The first-order valence-electron chi connectivity index (χ1n) is 14.8. The maximum atomic E-state index is 13.7. The average Bonchev–Trinajstić information content (AvgIpc) is 3.70. The molecule has 2 atom stereocenters. The van der Waals surface area contributed by atoms with Crippen LogP contribution in [0, 0.1) is 5.92 Å². The van der Waals surface area contributed by atoms with Crippen LogP contribution in [0.3, 0.4) is 0 Å². The van der Waals surface area contributed by atoms with Gasteiger partial charge in [0.1, 0.15) is 0 Å². The highest BCUT2D eigenvalue weighted by Gasteiger charge is 2.42. The Kier molecular flexibility index (Phi) is 11.9. The number of hydrogen-bond acceptors (Lipinski definition) is 6. The van der Waals surface area contributed by atoms with Gasteiger partial charge in [-0.1, -0.05) is 44.2 Å². The number of β-amino-alcohol motifs (C(OH)–C–C–N with tert-alkyl or cyclic N) is 1. The van der Waals surface area contributed by atoms with Gasteiger partial charge in [0.05, 0.1) is 23.6 Å². The van der Waals surface area contributed by atoms with E-state index in [-0.39, 0.29) is 29.6 Å². The highest BCUT2D eigenvalue weighted by atomic mass is 35.5. The molecule has 10 heteroatoms. The van der Waals surface area contributed by atoms with Crippen LogP contribution in [-0.2, 0) is 16.4 Å². The Labute approximate surface area is 252 Å². The molecule has 2 fully saturated rings. The van der Waals surface area contributed by atoms with Gasteiger partial charge in [-0.25, -0.2) is 8.42 Å². The van der Waals surface area contributed by atoms with Crippen LogP contribution in [-0.4, -0.2) is 62.5 Å². The van der Waals surface area contributed by atoms with Crippen LogP contribution in [0.4, 0.5) is 11.4 Å². The van der Waals surface area contributed by atoms with Crippen molar-refractivity contribution in [1.29, 1.82) is 0 Å². The number of halogens is 1. The number of rotatable bonds is 14. The molecule has 228 valence electrons. The van der Waals surface area contributed by atoms with Crippen LogP contribution in [0.1, 0.15) is 75.2 Å². The van der Waals surface area contributed by atoms with Crippen LogP contribution in [0.2, 0.25) is 0 Å². The van der Waals surface area contributed by atoms with Crippen LogP contribution < -0.4 is 20.3 Å². The van der Waals surface area contributed by atoms with E-state index in [1.165, 1.54) is 4.31 Å². The SMILES string of the molecule is CCNc1cc(C(=O)N[C@@H](Cc2ccccc2)[C@H](O)CNC2(CCC(C)C)CC2)cc(N2CCCCS2(=O)=O)c1.Cl. The number of sulfonamides is 1. The monoisotopic (exact) mass is 606 g/mol. The van der Waals surface area contributed by atoms with Gasteiger partial charge < -0.3 is 21.1 Å². The van der Waals surface area contributed by atoms with Crippen molar-refractivity contribution in [2.75, 3.05) is 35.0 Å². The molecule has 2 aromatic carbocycles. The van der Waals surface area contributed by atoms with Gasteiger partial charge in [-0.15, -0.1) is 12.4 Å². The molecule has 41 heavy (non-hydrogen) atoms. The Morgan fingerprint density at radius 1 is 1.10 bits per heavy atom. The first-order chi connectivity index (χ1) is 19.1. The van der Waals surface area contributed by atoms with Crippen molar-refractivity contribution < 1.29 is 18.3 Å². The minimum atomic E-state index is -3.43. The first-order valence-corrected chi connectivity index (χ1v) is 16.4. The molecule has 4 rings (SSSR count). The topological polar surface area (TPSA) is 111 Å². The summed E-state index contributed by atoms with van der Waals surface area (Å²) in [7, 11) is -3.43. The van der Waals surface area contributed by atoms with Crippen LogP contribution >= 0.6 is 12.4 Å². The van der Waals surface area contributed by atoms with Crippen molar-refractivity contribution in [3.8, 4) is 0 Å². The number of carbonyl (C=O) groups excluding carboxylic acids is 1. The van der Waals surface area contributed by atoms with Crippen molar-refractivity contribution in [1.82, 2.24) is 10.6 Å². The lowest BCUT2D eigenvalue weighted by Crippen LogP contribution is -2.50. The molecule has 1 aliphatic carbocycles. The van der Waals surface area contributed by atoms with E-state index < -0.39 is 22.2 Å². The number of carbonyl (C=O) groups is 1. The molecule has 0 radical (unpaired) electrons. The molecule has 2 aliphatic rings. The molecular formula is C31H47ClN4O4S. The predicted molar refractivity (Wildman–Crippen MR) is 170 cm³/mol. The number of aliphatic hydroxyl groups excluding tert-OH is 1. The van der Waals surface area contributed by atoms with Crippen molar-refractivity contribution in [3.63, 3.8) is 0 Å². The summed E-state index contributed by atoms with van der Waals surface area (Å²) >= 11 is 0. The maximum Gasteiger partial charge on any atom is 0.251 e. The van der Waals surface area contributed by atoms with Gasteiger partial charge in [0.15, 0.2) is 0 Å². The Balaban J connectivity index is 0.00000462. The number of benzene rings is 2.